The van der Waals surface area contributed by atoms with Gasteiger partial charge < -0.3 is 0 Å². The van der Waals surface area contributed by atoms with E-state index in [0.29, 0.717) is 5.82 Å². The molecule has 0 saturated heterocycles. The SMILES string of the molecule is Fc1ccc(-c2nc3c(-c4cccc(-c5nc(-c6ccccc6)cc(-c6ccccc6)n5)c4)cccc3c3c4ccccc4c4ccccc4c23)cc1. The molecule has 0 atom stereocenters. The summed E-state index contributed by atoms with van der Waals surface area (Å²) < 4.78 is 14.3. The van der Waals surface area contributed by atoms with Gasteiger partial charge in [0.25, 0.3) is 0 Å². The molecule has 0 fully saturated rings. The van der Waals surface area contributed by atoms with Gasteiger partial charge in [0.15, 0.2) is 5.82 Å². The molecule has 248 valence electrons. The Labute approximate surface area is 305 Å². The average Bonchev–Trinajstić information content (AvgIpc) is 3.24. The van der Waals surface area contributed by atoms with Crippen molar-refractivity contribution in [1.82, 2.24) is 15.0 Å². The maximum Gasteiger partial charge on any atom is 0.160 e. The van der Waals surface area contributed by atoms with Crippen LogP contribution in [0, 0.1) is 5.82 Å². The first-order chi connectivity index (χ1) is 26.2. The highest BCUT2D eigenvalue weighted by atomic mass is 19.1. The summed E-state index contributed by atoms with van der Waals surface area (Å²) in [5.74, 6) is 0.371. The fourth-order valence-corrected chi connectivity index (χ4v) is 7.67. The van der Waals surface area contributed by atoms with Gasteiger partial charge >= 0.3 is 0 Å². The molecule has 2 aromatic heterocycles. The Hall–Kier alpha value is -7.04. The lowest BCUT2D eigenvalue weighted by Crippen LogP contribution is -1.97. The van der Waals surface area contributed by atoms with E-state index in [0.717, 1.165) is 88.3 Å². The Morgan fingerprint density at radius 1 is 0.340 bits per heavy atom. The largest absolute Gasteiger partial charge is 0.246 e. The monoisotopic (exact) mass is 679 g/mol. The number of halogens is 1. The summed E-state index contributed by atoms with van der Waals surface area (Å²) in [6, 6.07) is 61.2. The zero-order valence-corrected chi connectivity index (χ0v) is 28.5. The molecule has 0 unspecified atom stereocenters. The summed E-state index contributed by atoms with van der Waals surface area (Å²) in [6.45, 7) is 0. The third-order valence-corrected chi connectivity index (χ3v) is 10.1. The molecule has 0 radical (unpaired) electrons. The van der Waals surface area contributed by atoms with Crippen LogP contribution in [-0.2, 0) is 0 Å². The Kier molecular flexibility index (Phi) is 7.33. The maximum absolute atomic E-state index is 14.3. The Morgan fingerprint density at radius 3 is 1.49 bits per heavy atom. The topological polar surface area (TPSA) is 38.7 Å². The van der Waals surface area contributed by atoms with Gasteiger partial charge in [-0.15, -0.1) is 0 Å². The van der Waals surface area contributed by atoms with Crippen LogP contribution in [0.25, 0.3) is 99.5 Å². The van der Waals surface area contributed by atoms with Gasteiger partial charge in [0, 0.05) is 44.0 Å². The number of hydrogen-bond donors (Lipinski definition) is 0. The highest BCUT2D eigenvalue weighted by Gasteiger charge is 2.20. The lowest BCUT2D eigenvalue weighted by molar-refractivity contribution is 0.628. The molecule has 10 aromatic rings. The van der Waals surface area contributed by atoms with Gasteiger partial charge in [-0.1, -0.05) is 146 Å². The number of nitrogens with zero attached hydrogens (tertiary/aromatic N) is 3. The van der Waals surface area contributed by atoms with Crippen LogP contribution in [0.15, 0.2) is 182 Å². The number of pyridine rings is 1. The van der Waals surface area contributed by atoms with Crippen molar-refractivity contribution in [1.29, 1.82) is 0 Å². The molecule has 0 spiro atoms. The molecule has 0 N–H and O–H groups in total. The molecule has 0 saturated carbocycles. The van der Waals surface area contributed by atoms with Crippen molar-refractivity contribution in [2.45, 2.75) is 0 Å². The molecule has 0 bridgehead atoms. The van der Waals surface area contributed by atoms with E-state index in [-0.39, 0.29) is 5.82 Å². The van der Waals surface area contributed by atoms with Crippen LogP contribution < -0.4 is 0 Å². The van der Waals surface area contributed by atoms with E-state index in [1.54, 1.807) is 0 Å². The van der Waals surface area contributed by atoms with Gasteiger partial charge in [-0.3, -0.25) is 0 Å². The smallest absolute Gasteiger partial charge is 0.160 e. The van der Waals surface area contributed by atoms with Gasteiger partial charge in [-0.2, -0.15) is 0 Å². The molecule has 0 aliphatic carbocycles. The predicted molar refractivity (Wildman–Crippen MR) is 217 cm³/mol. The Bertz CT molecular complexity index is 2940. The van der Waals surface area contributed by atoms with Crippen molar-refractivity contribution in [2.24, 2.45) is 0 Å². The number of aromatic nitrogens is 3. The first-order valence-electron chi connectivity index (χ1n) is 17.7. The first-order valence-corrected chi connectivity index (χ1v) is 17.7. The number of fused-ring (bicyclic) bond motifs is 8. The lowest BCUT2D eigenvalue weighted by Gasteiger charge is -2.18. The summed E-state index contributed by atoms with van der Waals surface area (Å²) in [6.07, 6.45) is 0. The Morgan fingerprint density at radius 2 is 0.849 bits per heavy atom. The second-order valence-electron chi connectivity index (χ2n) is 13.3. The van der Waals surface area contributed by atoms with Crippen molar-refractivity contribution in [3.63, 3.8) is 0 Å². The number of benzene rings is 8. The molecule has 0 aliphatic heterocycles. The van der Waals surface area contributed by atoms with Crippen LogP contribution in [0.4, 0.5) is 4.39 Å². The summed E-state index contributed by atoms with van der Waals surface area (Å²) in [7, 11) is 0. The van der Waals surface area contributed by atoms with Crippen molar-refractivity contribution in [3.05, 3.63) is 188 Å². The van der Waals surface area contributed by atoms with Gasteiger partial charge in [-0.05, 0) is 63.5 Å². The molecule has 4 heteroatoms. The fourth-order valence-electron chi connectivity index (χ4n) is 7.67. The Balaban J connectivity index is 1.24. The summed E-state index contributed by atoms with van der Waals surface area (Å²) >= 11 is 0. The molecule has 8 aromatic carbocycles. The van der Waals surface area contributed by atoms with E-state index in [1.807, 2.05) is 48.5 Å². The van der Waals surface area contributed by atoms with Gasteiger partial charge in [0.2, 0.25) is 0 Å². The number of hydrogen-bond acceptors (Lipinski definition) is 3. The maximum atomic E-state index is 14.3. The van der Waals surface area contributed by atoms with E-state index in [4.69, 9.17) is 15.0 Å². The molecule has 2 heterocycles. The second kappa shape index (κ2) is 12.6. The van der Waals surface area contributed by atoms with E-state index >= 15 is 0 Å². The van der Waals surface area contributed by atoms with E-state index in [2.05, 4.69) is 121 Å². The van der Waals surface area contributed by atoms with Crippen LogP contribution in [0.5, 0.6) is 0 Å². The predicted octanol–water partition coefficient (Wildman–Crippen LogP) is 13.0. The van der Waals surface area contributed by atoms with Gasteiger partial charge in [0.05, 0.1) is 22.6 Å². The molecular formula is C49H30FN3. The van der Waals surface area contributed by atoms with E-state index < -0.39 is 0 Å². The zero-order valence-electron chi connectivity index (χ0n) is 28.5. The van der Waals surface area contributed by atoms with Crippen molar-refractivity contribution in [2.75, 3.05) is 0 Å². The molecule has 0 amide bonds. The molecule has 10 rings (SSSR count). The summed E-state index contributed by atoms with van der Waals surface area (Å²) in [5, 5.41) is 7.87. The number of rotatable bonds is 5. The highest BCUT2D eigenvalue weighted by Crippen LogP contribution is 2.44. The zero-order chi connectivity index (χ0) is 35.3. The highest BCUT2D eigenvalue weighted by molar-refractivity contribution is 6.34. The van der Waals surface area contributed by atoms with Crippen LogP contribution >= 0.6 is 0 Å². The van der Waals surface area contributed by atoms with Crippen LogP contribution in [-0.4, -0.2) is 15.0 Å². The molecular weight excluding hydrogens is 650 g/mol. The van der Waals surface area contributed by atoms with Crippen LogP contribution in [0.3, 0.4) is 0 Å². The lowest BCUT2D eigenvalue weighted by atomic mass is 9.88. The van der Waals surface area contributed by atoms with Crippen molar-refractivity contribution >= 4 is 43.2 Å². The van der Waals surface area contributed by atoms with Crippen molar-refractivity contribution < 1.29 is 4.39 Å². The minimum Gasteiger partial charge on any atom is -0.246 e. The summed E-state index contributed by atoms with van der Waals surface area (Å²) in [5.41, 5.74) is 9.25. The van der Waals surface area contributed by atoms with E-state index in [1.165, 1.54) is 17.5 Å². The average molecular weight is 680 g/mol. The minimum atomic E-state index is -0.277. The van der Waals surface area contributed by atoms with Gasteiger partial charge in [-0.25, -0.2) is 19.3 Å². The fraction of sp³-hybridized carbons (Fsp3) is 0. The normalized spacial score (nSPS) is 11.5. The molecule has 3 nitrogen and oxygen atoms in total. The standard InChI is InChI=1S/C49H30FN3/c50-36-27-25-33(26-28-36)47-46-41-22-10-8-20-39(41)38-19-7-9-21-40(38)45(46)42-24-12-23-37(48(42)53-47)34-17-11-18-35(29-34)49-51-43(31-13-3-1-4-14-31)30-44(52-49)32-15-5-2-6-16-32/h1-30H. The molecule has 0 aliphatic rings. The van der Waals surface area contributed by atoms with E-state index in [9.17, 15) is 4.39 Å². The molecule has 53 heavy (non-hydrogen) atoms. The third kappa shape index (κ3) is 5.31. The van der Waals surface area contributed by atoms with Crippen LogP contribution in [0.2, 0.25) is 0 Å². The second-order valence-corrected chi connectivity index (χ2v) is 13.3. The minimum absolute atomic E-state index is 0.277. The third-order valence-electron chi connectivity index (χ3n) is 10.1. The quantitative estimate of drug-likeness (QED) is 0.170. The number of para-hydroxylation sites is 1. The first kappa shape index (κ1) is 30.8. The van der Waals surface area contributed by atoms with Crippen LogP contribution in [0.1, 0.15) is 0 Å². The summed E-state index contributed by atoms with van der Waals surface area (Å²) in [4.78, 5) is 15.7. The van der Waals surface area contributed by atoms with Gasteiger partial charge in [0.1, 0.15) is 5.82 Å². The van der Waals surface area contributed by atoms with Crippen molar-refractivity contribution in [3.8, 4) is 56.3 Å².